The second-order valence-corrected chi connectivity index (χ2v) is 9.67. The van der Waals surface area contributed by atoms with Crippen molar-refractivity contribution >= 4 is 55.6 Å². The highest BCUT2D eigenvalue weighted by atomic mass is 79.9. The van der Waals surface area contributed by atoms with Crippen LogP contribution in [0.5, 0.6) is 0 Å². The minimum Gasteiger partial charge on any atom is -0.384 e. The molecule has 4 aromatic heterocycles. The molecular weight excluding hydrogens is 488 g/mol. The van der Waals surface area contributed by atoms with Crippen LogP contribution in [0.3, 0.4) is 0 Å². The van der Waals surface area contributed by atoms with E-state index in [4.69, 9.17) is 5.73 Å². The number of thiophene rings is 1. The Morgan fingerprint density at radius 3 is 2.75 bits per heavy atom. The Morgan fingerprint density at radius 2 is 1.97 bits per heavy atom. The van der Waals surface area contributed by atoms with Gasteiger partial charge in [0.25, 0.3) is 5.91 Å². The first kappa shape index (κ1) is 20.3. The highest BCUT2D eigenvalue weighted by molar-refractivity contribution is 9.11. The number of nitrogens with two attached hydrogens (primary N) is 1. The van der Waals surface area contributed by atoms with Crippen molar-refractivity contribution < 1.29 is 4.79 Å². The van der Waals surface area contributed by atoms with Crippen molar-refractivity contribution in [1.29, 1.82) is 0 Å². The third-order valence-corrected chi connectivity index (χ3v) is 6.69. The molecule has 7 nitrogen and oxygen atoms in total. The Hall–Kier alpha value is -3.56. The molecule has 4 heterocycles. The summed E-state index contributed by atoms with van der Waals surface area (Å²) in [4.78, 5) is 26.2. The van der Waals surface area contributed by atoms with Crippen LogP contribution >= 0.6 is 27.3 Å². The van der Waals surface area contributed by atoms with Gasteiger partial charge >= 0.3 is 0 Å². The van der Waals surface area contributed by atoms with Gasteiger partial charge in [-0.2, -0.15) is 0 Å². The largest absolute Gasteiger partial charge is 0.384 e. The minimum absolute atomic E-state index is 0.144. The molecule has 0 unspecified atom stereocenters. The fourth-order valence-corrected chi connectivity index (χ4v) is 4.75. The van der Waals surface area contributed by atoms with Crippen molar-refractivity contribution in [1.82, 2.24) is 19.5 Å². The Kier molecular flexibility index (Phi) is 5.20. The highest BCUT2D eigenvalue weighted by Gasteiger charge is 2.13. The van der Waals surface area contributed by atoms with Crippen LogP contribution in [0.4, 0.5) is 11.5 Å². The van der Waals surface area contributed by atoms with Crippen LogP contribution < -0.4 is 11.1 Å². The summed E-state index contributed by atoms with van der Waals surface area (Å²) in [5.74, 6) is 0.946. The summed E-state index contributed by atoms with van der Waals surface area (Å²) in [5.41, 5.74) is 10.3. The van der Waals surface area contributed by atoms with E-state index in [1.165, 1.54) is 17.7 Å². The molecule has 9 heteroatoms. The summed E-state index contributed by atoms with van der Waals surface area (Å²) in [6, 6.07) is 15.2. The lowest BCUT2D eigenvalue weighted by Crippen LogP contribution is -2.10. The molecule has 0 fully saturated rings. The second-order valence-electron chi connectivity index (χ2n) is 7.20. The third kappa shape index (κ3) is 3.88. The molecule has 0 saturated heterocycles. The van der Waals surface area contributed by atoms with E-state index >= 15 is 0 Å². The fraction of sp³-hybridized carbons (Fsp3) is 0.0435. The van der Waals surface area contributed by atoms with Gasteiger partial charge in [0.2, 0.25) is 0 Å². The van der Waals surface area contributed by atoms with Crippen molar-refractivity contribution in [2.45, 2.75) is 6.92 Å². The Labute approximate surface area is 196 Å². The molecule has 0 aliphatic heterocycles. The number of carbonyl (C=O) groups is 1. The number of nitrogen functional groups attached to an aromatic ring is 1. The number of aromatic nitrogens is 4. The molecule has 0 spiro atoms. The van der Waals surface area contributed by atoms with Crippen LogP contribution in [0.2, 0.25) is 0 Å². The second kappa shape index (κ2) is 8.18. The van der Waals surface area contributed by atoms with Crippen LogP contribution in [0.1, 0.15) is 15.2 Å². The van der Waals surface area contributed by atoms with Gasteiger partial charge in [-0.3, -0.25) is 9.78 Å². The number of amides is 1. The third-order valence-electron chi connectivity index (χ3n) is 5.06. The average molecular weight is 505 g/mol. The summed E-state index contributed by atoms with van der Waals surface area (Å²) in [6.07, 6.45) is 5.21. The number of rotatable bonds is 4. The van der Waals surface area contributed by atoms with Gasteiger partial charge in [0, 0.05) is 35.1 Å². The van der Waals surface area contributed by atoms with Gasteiger partial charge in [-0.05, 0) is 64.8 Å². The maximum atomic E-state index is 12.6. The molecule has 0 saturated carbocycles. The summed E-state index contributed by atoms with van der Waals surface area (Å²) < 4.78 is 2.87. The number of anilines is 2. The van der Waals surface area contributed by atoms with Crippen molar-refractivity contribution in [3.8, 4) is 17.1 Å². The molecule has 0 atom stereocenters. The van der Waals surface area contributed by atoms with Gasteiger partial charge in [0.15, 0.2) is 0 Å². The van der Waals surface area contributed by atoms with Crippen LogP contribution in [0.15, 0.2) is 71.0 Å². The van der Waals surface area contributed by atoms with Gasteiger partial charge in [-0.25, -0.2) is 9.97 Å². The number of benzene rings is 1. The maximum Gasteiger partial charge on any atom is 0.265 e. The predicted octanol–water partition coefficient (Wildman–Crippen LogP) is 5.45. The lowest BCUT2D eigenvalue weighted by Gasteiger charge is -2.11. The van der Waals surface area contributed by atoms with E-state index < -0.39 is 0 Å². The molecule has 32 heavy (non-hydrogen) atoms. The molecule has 1 aromatic carbocycles. The summed E-state index contributed by atoms with van der Waals surface area (Å²) in [7, 11) is 0. The molecule has 3 N–H and O–H groups in total. The van der Waals surface area contributed by atoms with E-state index in [9.17, 15) is 4.79 Å². The minimum atomic E-state index is -0.144. The first-order valence-electron chi connectivity index (χ1n) is 9.70. The zero-order valence-corrected chi connectivity index (χ0v) is 19.3. The van der Waals surface area contributed by atoms with Gasteiger partial charge in [-0.15, -0.1) is 11.3 Å². The van der Waals surface area contributed by atoms with E-state index in [1.807, 2.05) is 60.3 Å². The number of hydrogen-bond donors (Lipinski definition) is 2. The zero-order valence-electron chi connectivity index (χ0n) is 16.9. The molecule has 158 valence electrons. The molecule has 0 bridgehead atoms. The number of nitrogens with one attached hydrogen (secondary N) is 1. The fourth-order valence-electron chi connectivity index (χ4n) is 3.47. The molecule has 0 radical (unpaired) electrons. The summed E-state index contributed by atoms with van der Waals surface area (Å²) >= 11 is 4.79. The van der Waals surface area contributed by atoms with Crippen LogP contribution in [0, 0.1) is 6.92 Å². The molecule has 0 aliphatic rings. The topological polar surface area (TPSA) is 98.7 Å². The number of hydrogen-bond acceptors (Lipinski definition) is 6. The zero-order chi connectivity index (χ0) is 22.2. The van der Waals surface area contributed by atoms with Crippen molar-refractivity contribution in [3.05, 3.63) is 81.5 Å². The first-order valence-corrected chi connectivity index (χ1v) is 11.3. The monoisotopic (exact) mass is 504 g/mol. The number of fused-ring (bicyclic) bond motifs is 1. The van der Waals surface area contributed by atoms with Gasteiger partial charge in [-0.1, -0.05) is 6.07 Å². The normalized spacial score (nSPS) is 11.1. The van der Waals surface area contributed by atoms with Crippen LogP contribution in [0.25, 0.3) is 28.0 Å². The Bertz CT molecular complexity index is 1470. The number of pyridine rings is 1. The smallest absolute Gasteiger partial charge is 0.265 e. The van der Waals surface area contributed by atoms with Gasteiger partial charge in [0.05, 0.1) is 19.9 Å². The molecule has 5 rings (SSSR count). The summed E-state index contributed by atoms with van der Waals surface area (Å²) in [5, 5.41) is 3.95. The van der Waals surface area contributed by atoms with Crippen molar-refractivity contribution in [2.75, 3.05) is 11.1 Å². The molecule has 5 aromatic rings. The number of aryl methyl sites for hydroxylation is 1. The quantitative estimate of drug-likeness (QED) is 0.339. The van der Waals surface area contributed by atoms with E-state index in [1.54, 1.807) is 12.1 Å². The standard InChI is InChI=1S/C23H17BrN6OS/c1-13-2-3-15(29-23(31)19-4-5-20(24)32-19)8-16(13)17-9-18-14(11-26-17)6-7-30(18)22-10-21(25)27-12-28-22/h2-12H,1H3,(H,29,31)(H2,25,27,28). The summed E-state index contributed by atoms with van der Waals surface area (Å²) in [6.45, 7) is 2.02. The lowest BCUT2D eigenvalue weighted by molar-refractivity contribution is 0.103. The predicted molar refractivity (Wildman–Crippen MR) is 131 cm³/mol. The average Bonchev–Trinajstić information content (AvgIpc) is 3.41. The van der Waals surface area contributed by atoms with E-state index in [-0.39, 0.29) is 5.91 Å². The Balaban J connectivity index is 1.53. The van der Waals surface area contributed by atoms with Crippen molar-refractivity contribution in [2.24, 2.45) is 0 Å². The number of nitrogens with zero attached hydrogens (tertiary/aromatic N) is 4. The van der Waals surface area contributed by atoms with Gasteiger partial charge in [0.1, 0.15) is 18.0 Å². The maximum absolute atomic E-state index is 12.6. The first-order chi connectivity index (χ1) is 15.5. The highest BCUT2D eigenvalue weighted by Crippen LogP contribution is 2.30. The van der Waals surface area contributed by atoms with Crippen LogP contribution in [-0.2, 0) is 0 Å². The van der Waals surface area contributed by atoms with Gasteiger partial charge < -0.3 is 15.6 Å². The van der Waals surface area contributed by atoms with E-state index in [0.717, 1.165) is 31.5 Å². The SMILES string of the molecule is Cc1ccc(NC(=O)c2ccc(Br)s2)cc1-c1cc2c(ccn2-c2cc(N)ncn2)cn1. The van der Waals surface area contributed by atoms with E-state index in [2.05, 4.69) is 36.2 Å². The lowest BCUT2D eigenvalue weighted by atomic mass is 10.0. The van der Waals surface area contributed by atoms with E-state index in [0.29, 0.717) is 22.2 Å². The Morgan fingerprint density at radius 1 is 1.09 bits per heavy atom. The molecule has 0 aliphatic carbocycles. The number of halogens is 1. The van der Waals surface area contributed by atoms with Crippen LogP contribution in [-0.4, -0.2) is 25.4 Å². The van der Waals surface area contributed by atoms with Crippen molar-refractivity contribution in [3.63, 3.8) is 0 Å². The number of carbonyl (C=O) groups excluding carboxylic acids is 1. The molecular formula is C23H17BrN6OS. The molecule has 1 amide bonds.